The first-order valence-corrected chi connectivity index (χ1v) is 10.7. The summed E-state index contributed by atoms with van der Waals surface area (Å²) in [5, 5.41) is 7.32. The van der Waals surface area contributed by atoms with E-state index in [4.69, 9.17) is 0 Å². The van der Waals surface area contributed by atoms with Gasteiger partial charge in [0.1, 0.15) is 0 Å². The molecule has 0 saturated heterocycles. The van der Waals surface area contributed by atoms with E-state index in [0.29, 0.717) is 23.3 Å². The predicted octanol–water partition coefficient (Wildman–Crippen LogP) is 3.60. The number of imidazole rings is 1. The Bertz CT molecular complexity index is 1350. The molecule has 2 N–H and O–H groups in total. The Balaban J connectivity index is 1.63. The molecule has 0 fully saturated rings. The molecule has 0 aliphatic heterocycles. The molecule has 0 radical (unpaired) electrons. The Morgan fingerprint density at radius 3 is 2.66 bits per heavy atom. The highest BCUT2D eigenvalue weighted by Crippen LogP contribution is 2.27. The minimum Gasteiger partial charge on any atom is -0.346 e. The Labute approximate surface area is 186 Å². The van der Waals surface area contributed by atoms with Crippen molar-refractivity contribution >= 4 is 17.1 Å². The van der Waals surface area contributed by atoms with Crippen LogP contribution in [-0.2, 0) is 18.6 Å². The highest BCUT2D eigenvalue weighted by atomic mass is 16.2. The summed E-state index contributed by atoms with van der Waals surface area (Å²) in [5.41, 5.74) is 4.84. The van der Waals surface area contributed by atoms with Crippen LogP contribution in [0, 0.1) is 6.92 Å². The monoisotopic (exact) mass is 432 g/mol. The van der Waals surface area contributed by atoms with Crippen molar-refractivity contribution in [3.05, 3.63) is 70.0 Å². The zero-order valence-electron chi connectivity index (χ0n) is 19.1. The summed E-state index contributed by atoms with van der Waals surface area (Å²) in [5.74, 6) is -0.168. The highest BCUT2D eigenvalue weighted by Gasteiger charge is 2.21. The van der Waals surface area contributed by atoms with E-state index in [1.807, 2.05) is 75.8 Å². The molecule has 1 amide bonds. The van der Waals surface area contributed by atoms with Crippen LogP contribution in [-0.4, -0.2) is 30.2 Å². The third kappa shape index (κ3) is 4.08. The molecule has 166 valence electrons. The number of aryl methyl sites for hydroxylation is 2. The third-order valence-corrected chi connectivity index (χ3v) is 5.45. The quantitative estimate of drug-likeness (QED) is 0.503. The summed E-state index contributed by atoms with van der Waals surface area (Å²) in [6, 6.07) is 9.40. The largest absolute Gasteiger partial charge is 0.346 e. The number of carbonyl (C=O) groups is 1. The second kappa shape index (κ2) is 8.11. The number of rotatable bonds is 5. The van der Waals surface area contributed by atoms with Gasteiger partial charge in [-0.3, -0.25) is 14.0 Å². The summed E-state index contributed by atoms with van der Waals surface area (Å²) in [7, 11) is 0. The summed E-state index contributed by atoms with van der Waals surface area (Å²) >= 11 is 0. The number of nitrogens with zero attached hydrogens (tertiary/aromatic N) is 4. The van der Waals surface area contributed by atoms with Crippen LogP contribution in [0.5, 0.6) is 0 Å². The van der Waals surface area contributed by atoms with E-state index >= 15 is 0 Å². The van der Waals surface area contributed by atoms with Crippen molar-refractivity contribution in [2.45, 2.75) is 53.2 Å². The maximum absolute atomic E-state index is 12.7. The molecule has 0 saturated carbocycles. The van der Waals surface area contributed by atoms with Crippen LogP contribution < -0.4 is 11.0 Å². The molecule has 0 spiro atoms. The maximum atomic E-state index is 12.7. The van der Waals surface area contributed by atoms with Crippen molar-refractivity contribution in [1.82, 2.24) is 29.6 Å². The van der Waals surface area contributed by atoms with E-state index in [2.05, 4.69) is 20.4 Å². The normalized spacial score (nSPS) is 11.8. The van der Waals surface area contributed by atoms with Gasteiger partial charge in [-0.15, -0.1) is 0 Å². The molecule has 0 aliphatic carbocycles. The van der Waals surface area contributed by atoms with Gasteiger partial charge < -0.3 is 10.3 Å². The number of nitrogens with one attached hydrogen (secondary N) is 2. The maximum Gasteiger partial charge on any atom is 0.328 e. The molecule has 1 aromatic carbocycles. The van der Waals surface area contributed by atoms with Crippen molar-refractivity contribution in [1.29, 1.82) is 0 Å². The molecular formula is C24H28N6O2. The van der Waals surface area contributed by atoms with Crippen molar-refractivity contribution in [3.63, 3.8) is 0 Å². The molecule has 8 nitrogen and oxygen atoms in total. The highest BCUT2D eigenvalue weighted by molar-refractivity contribution is 5.96. The Morgan fingerprint density at radius 1 is 1.19 bits per heavy atom. The molecular weight excluding hydrogens is 404 g/mol. The van der Waals surface area contributed by atoms with E-state index in [1.54, 1.807) is 10.8 Å². The Morgan fingerprint density at radius 2 is 1.97 bits per heavy atom. The van der Waals surface area contributed by atoms with Crippen molar-refractivity contribution in [2.75, 3.05) is 0 Å². The molecule has 0 unspecified atom stereocenters. The van der Waals surface area contributed by atoms with Gasteiger partial charge in [-0.1, -0.05) is 6.07 Å². The Kier molecular flexibility index (Phi) is 5.46. The zero-order valence-corrected chi connectivity index (χ0v) is 19.1. The van der Waals surface area contributed by atoms with Gasteiger partial charge in [-0.05, 0) is 70.0 Å². The first-order chi connectivity index (χ1) is 15.2. The average molecular weight is 433 g/mol. The fraction of sp³-hybridized carbons (Fsp3) is 0.333. The first kappa shape index (κ1) is 21.5. The lowest BCUT2D eigenvalue weighted by Crippen LogP contribution is -2.32. The number of hydrogen-bond acceptors (Lipinski definition) is 4. The van der Waals surface area contributed by atoms with Gasteiger partial charge in [0.15, 0.2) is 5.65 Å². The second-order valence-electron chi connectivity index (χ2n) is 8.91. The van der Waals surface area contributed by atoms with Gasteiger partial charge in [-0.2, -0.15) is 5.10 Å². The fourth-order valence-electron chi connectivity index (χ4n) is 3.79. The SMILES string of the molecule is CCn1ccc(CNC(=O)c2ccc(C)c(-c3cnc4c(c3)[nH]c(=O)n4C(C)(C)C)c2)n1. The van der Waals surface area contributed by atoms with Crippen LogP contribution in [0.3, 0.4) is 0 Å². The first-order valence-electron chi connectivity index (χ1n) is 10.7. The number of fused-ring (bicyclic) bond motifs is 1. The second-order valence-corrected chi connectivity index (χ2v) is 8.91. The standard InChI is InChI=1S/C24H28N6O2/c1-6-29-10-9-18(28-29)14-26-22(31)16-8-7-15(2)19(11-16)17-12-20-21(25-13-17)30(23(32)27-20)24(3,4)5/h7-13H,6,14H2,1-5H3,(H,26,31)(H,27,32). The molecule has 32 heavy (non-hydrogen) atoms. The van der Waals surface area contributed by atoms with Gasteiger partial charge in [-0.25, -0.2) is 9.78 Å². The third-order valence-electron chi connectivity index (χ3n) is 5.45. The predicted molar refractivity (Wildman–Crippen MR) is 125 cm³/mol. The van der Waals surface area contributed by atoms with Crippen LogP contribution in [0.25, 0.3) is 22.3 Å². The molecule has 0 aliphatic rings. The van der Waals surface area contributed by atoms with Gasteiger partial charge >= 0.3 is 5.69 Å². The van der Waals surface area contributed by atoms with E-state index in [0.717, 1.165) is 28.9 Å². The summed E-state index contributed by atoms with van der Waals surface area (Å²) < 4.78 is 3.48. The lowest BCUT2D eigenvalue weighted by molar-refractivity contribution is 0.0950. The lowest BCUT2D eigenvalue weighted by Gasteiger charge is -2.19. The molecule has 8 heteroatoms. The minimum absolute atomic E-state index is 0.168. The topological polar surface area (TPSA) is 97.6 Å². The van der Waals surface area contributed by atoms with Crippen molar-refractivity contribution < 1.29 is 4.79 Å². The van der Waals surface area contributed by atoms with Gasteiger partial charge in [0.05, 0.1) is 17.8 Å². The van der Waals surface area contributed by atoms with Crippen LogP contribution in [0.1, 0.15) is 49.3 Å². The van der Waals surface area contributed by atoms with Gasteiger partial charge in [0, 0.05) is 35.6 Å². The molecule has 3 aromatic heterocycles. The zero-order chi connectivity index (χ0) is 23.0. The summed E-state index contributed by atoms with van der Waals surface area (Å²) in [6.45, 7) is 11.1. The summed E-state index contributed by atoms with van der Waals surface area (Å²) in [4.78, 5) is 32.7. The van der Waals surface area contributed by atoms with Crippen LogP contribution in [0.15, 0.2) is 47.5 Å². The number of aromatic nitrogens is 5. The molecule has 3 heterocycles. The van der Waals surface area contributed by atoms with Crippen molar-refractivity contribution in [2.24, 2.45) is 0 Å². The lowest BCUT2D eigenvalue weighted by atomic mass is 9.99. The number of carbonyl (C=O) groups excluding carboxylic acids is 1. The smallest absolute Gasteiger partial charge is 0.328 e. The number of hydrogen-bond donors (Lipinski definition) is 2. The van der Waals surface area contributed by atoms with E-state index < -0.39 is 0 Å². The minimum atomic E-state index is -0.384. The van der Waals surface area contributed by atoms with Gasteiger partial charge in [0.2, 0.25) is 0 Å². The molecule has 0 atom stereocenters. The number of amides is 1. The van der Waals surface area contributed by atoms with Gasteiger partial charge in [0.25, 0.3) is 5.91 Å². The number of aromatic amines is 1. The molecule has 4 rings (SSSR count). The summed E-state index contributed by atoms with van der Waals surface area (Å²) in [6.07, 6.45) is 3.64. The number of H-pyrrole nitrogens is 1. The van der Waals surface area contributed by atoms with Crippen LogP contribution in [0.4, 0.5) is 0 Å². The van der Waals surface area contributed by atoms with Crippen LogP contribution in [0.2, 0.25) is 0 Å². The Hall–Kier alpha value is -3.68. The average Bonchev–Trinajstić information content (AvgIpc) is 3.34. The molecule has 0 bridgehead atoms. The van der Waals surface area contributed by atoms with Crippen LogP contribution >= 0.6 is 0 Å². The number of pyridine rings is 1. The van der Waals surface area contributed by atoms with E-state index in [-0.39, 0.29) is 17.1 Å². The number of benzene rings is 1. The van der Waals surface area contributed by atoms with Crippen molar-refractivity contribution in [3.8, 4) is 11.1 Å². The van der Waals surface area contributed by atoms with E-state index in [1.165, 1.54) is 0 Å². The molecule has 4 aromatic rings. The van der Waals surface area contributed by atoms with E-state index in [9.17, 15) is 9.59 Å². The fourth-order valence-corrected chi connectivity index (χ4v) is 3.79.